The second kappa shape index (κ2) is 26.7. The van der Waals surface area contributed by atoms with Crippen molar-refractivity contribution in [2.24, 2.45) is 5.92 Å². The highest BCUT2D eigenvalue weighted by atomic mass is 16.8. The molecule has 0 unspecified atom stereocenters. The summed E-state index contributed by atoms with van der Waals surface area (Å²) in [6.45, 7) is 1.08. The summed E-state index contributed by atoms with van der Waals surface area (Å²) in [5, 5.41) is 46.5. The Balaban J connectivity index is 1.11. The minimum atomic E-state index is -1.68. The van der Waals surface area contributed by atoms with Crippen LogP contribution in [0.5, 0.6) is 0 Å². The van der Waals surface area contributed by atoms with Crippen LogP contribution in [-0.2, 0) is 42.7 Å². The minimum Gasteiger partial charge on any atom is -0.479 e. The molecule has 2 aliphatic heterocycles. The lowest BCUT2D eigenvalue weighted by atomic mass is 9.85. The summed E-state index contributed by atoms with van der Waals surface area (Å²) in [7, 11) is 0. The lowest BCUT2D eigenvalue weighted by Gasteiger charge is -2.48. The van der Waals surface area contributed by atoms with Crippen LogP contribution >= 0.6 is 0 Å². The molecule has 418 valence electrons. The quantitative estimate of drug-likeness (QED) is 0.0362. The van der Waals surface area contributed by atoms with Gasteiger partial charge in [-0.25, -0.2) is 24.0 Å². The zero-order valence-electron chi connectivity index (χ0n) is 43.7. The molecule has 4 fully saturated rings. The number of nitrogens with one attached hydrogen (secondary N) is 1. The number of anilines is 1. The lowest BCUT2D eigenvalue weighted by Crippen LogP contribution is -2.65. The van der Waals surface area contributed by atoms with E-state index in [4.69, 9.17) is 37.9 Å². The molecule has 5 aromatic carbocycles. The van der Waals surface area contributed by atoms with E-state index in [0.29, 0.717) is 36.1 Å². The van der Waals surface area contributed by atoms with Gasteiger partial charge in [0.2, 0.25) is 0 Å². The predicted octanol–water partition coefficient (Wildman–Crippen LogP) is 8.49. The maximum Gasteiger partial charge on any atom is 0.338 e. The smallest absolute Gasteiger partial charge is 0.338 e. The number of rotatable bonds is 20. The number of hydrogen-bond donors (Lipinski definition) is 5. The first-order valence-corrected chi connectivity index (χ1v) is 27.1. The molecule has 2 heterocycles. The van der Waals surface area contributed by atoms with Crippen molar-refractivity contribution in [3.63, 3.8) is 0 Å². The lowest BCUT2D eigenvalue weighted by molar-refractivity contribution is -0.338. The number of hydrogen-bond acceptors (Lipinski definition) is 16. The molecule has 18 heteroatoms. The molecule has 0 bridgehead atoms. The molecule has 9 rings (SSSR count). The maximum absolute atomic E-state index is 14.5. The Morgan fingerprint density at radius 2 is 1.19 bits per heavy atom. The SMILES string of the molecule is C[C@@H]1O[C@@H](O[C@@H]2[C@@H](Nc3ccc(-c4ccccc4C(=O)O)cc3)CCC[C@H]2O[C@@H]2O[C@H](COC(=O)c3ccccc3)[C@H](OC(=O)c3ccccc3)[C@H](O[C@@H](CC3CCCCC3)C(=O)O)[C@H]2OC(=O)c2ccccc2)[C@@H](O)C[C@@H]1O. The van der Waals surface area contributed by atoms with Crippen LogP contribution in [0.2, 0.25) is 0 Å². The van der Waals surface area contributed by atoms with Crippen LogP contribution in [0, 0.1) is 5.92 Å². The van der Waals surface area contributed by atoms with Gasteiger partial charge < -0.3 is 63.6 Å². The second-order valence-corrected chi connectivity index (χ2v) is 20.6. The summed E-state index contributed by atoms with van der Waals surface area (Å²) in [5.41, 5.74) is 2.41. The van der Waals surface area contributed by atoms with E-state index in [2.05, 4.69) is 5.32 Å². The molecule has 2 saturated heterocycles. The average Bonchev–Trinajstić information content (AvgIpc) is 3.57. The van der Waals surface area contributed by atoms with Crippen molar-refractivity contribution in [2.45, 2.75) is 151 Å². The van der Waals surface area contributed by atoms with Crippen molar-refractivity contribution in [2.75, 3.05) is 11.9 Å². The molecule has 13 atom stereocenters. The molecule has 0 radical (unpaired) electrons. The van der Waals surface area contributed by atoms with E-state index in [1.807, 2.05) is 0 Å². The Bertz CT molecular complexity index is 2810. The number of carboxylic acids is 2. The normalized spacial score (nSPS) is 27.6. The second-order valence-electron chi connectivity index (χ2n) is 20.6. The molecule has 0 aromatic heterocycles. The molecule has 5 aromatic rings. The number of benzene rings is 5. The Morgan fingerprint density at radius 1 is 0.595 bits per heavy atom. The summed E-state index contributed by atoms with van der Waals surface area (Å²) in [4.78, 5) is 68.0. The van der Waals surface area contributed by atoms with E-state index in [0.717, 1.165) is 32.1 Å². The Kier molecular flexibility index (Phi) is 19.2. The van der Waals surface area contributed by atoms with Gasteiger partial charge in [-0.15, -0.1) is 0 Å². The van der Waals surface area contributed by atoms with E-state index in [-0.39, 0.29) is 41.0 Å². The molecule has 18 nitrogen and oxygen atoms in total. The van der Waals surface area contributed by atoms with Gasteiger partial charge >= 0.3 is 29.8 Å². The fraction of sp³-hybridized carbons (Fsp3) is 0.426. The first kappa shape index (κ1) is 56.7. The van der Waals surface area contributed by atoms with E-state index >= 15 is 0 Å². The predicted molar refractivity (Wildman–Crippen MR) is 285 cm³/mol. The van der Waals surface area contributed by atoms with Gasteiger partial charge in [-0.2, -0.15) is 0 Å². The molecule has 0 amide bonds. The number of carboxylic acid groups (broad SMARTS) is 2. The summed E-state index contributed by atoms with van der Waals surface area (Å²) in [5.74, 6) is -4.86. The minimum absolute atomic E-state index is 0.0254. The van der Waals surface area contributed by atoms with E-state index in [1.54, 1.807) is 116 Å². The first-order valence-electron chi connectivity index (χ1n) is 27.1. The van der Waals surface area contributed by atoms with Crippen LogP contribution in [0.4, 0.5) is 5.69 Å². The van der Waals surface area contributed by atoms with Crippen LogP contribution in [0.15, 0.2) is 140 Å². The monoisotopic (exact) mass is 1090 g/mol. The topological polar surface area (TPSA) is 252 Å². The van der Waals surface area contributed by atoms with Gasteiger partial charge in [-0.05, 0) is 104 Å². The van der Waals surface area contributed by atoms with Crippen LogP contribution in [0.25, 0.3) is 11.1 Å². The zero-order chi connectivity index (χ0) is 55.4. The van der Waals surface area contributed by atoms with Crippen LogP contribution < -0.4 is 5.32 Å². The van der Waals surface area contributed by atoms with E-state index in [9.17, 15) is 44.4 Å². The fourth-order valence-corrected chi connectivity index (χ4v) is 10.9. The Labute approximate surface area is 457 Å². The van der Waals surface area contributed by atoms with Gasteiger partial charge in [0.15, 0.2) is 30.9 Å². The third kappa shape index (κ3) is 14.4. The fourth-order valence-electron chi connectivity index (χ4n) is 10.9. The van der Waals surface area contributed by atoms with E-state index in [1.165, 1.54) is 30.3 Å². The first-order chi connectivity index (χ1) is 38.3. The number of carbonyl (C=O) groups excluding carboxylic acids is 3. The molecule has 79 heavy (non-hydrogen) atoms. The highest BCUT2D eigenvalue weighted by molar-refractivity contribution is 5.96. The zero-order valence-corrected chi connectivity index (χ0v) is 43.7. The molecule has 4 aliphatic rings. The number of ether oxygens (including phenoxy) is 8. The van der Waals surface area contributed by atoms with E-state index < -0.39 is 116 Å². The molecule has 2 aliphatic carbocycles. The van der Waals surface area contributed by atoms with Gasteiger partial charge in [0, 0.05) is 12.1 Å². The summed E-state index contributed by atoms with van der Waals surface area (Å²) >= 11 is 0. The molecule has 2 saturated carbocycles. The van der Waals surface area contributed by atoms with Crippen LogP contribution in [0.1, 0.15) is 113 Å². The van der Waals surface area contributed by atoms with Crippen molar-refractivity contribution in [1.82, 2.24) is 0 Å². The molecule has 0 spiro atoms. The van der Waals surface area contributed by atoms with Gasteiger partial charge in [0.05, 0.1) is 46.6 Å². The number of esters is 3. The maximum atomic E-state index is 14.5. The van der Waals surface area contributed by atoms with Crippen molar-refractivity contribution in [3.8, 4) is 11.1 Å². The van der Waals surface area contributed by atoms with Crippen molar-refractivity contribution in [1.29, 1.82) is 0 Å². The van der Waals surface area contributed by atoms with Crippen molar-refractivity contribution < 1.29 is 82.3 Å². The standard InChI is InChI=1S/C61H67NO17/c1-36-46(63)34-47(64)60(73-36)79-51-45(62-42-31-29-38(30-32-42)43-25-14-15-26-44(43)55(65)66)27-16-28-48(51)75-61-54(78-59(71)41-23-12-5-13-24-41)53(74-49(56(67)68)33-37-17-6-2-7-18-37)52(77-58(70)40-21-10-4-11-22-40)50(76-61)35-72-57(69)39-19-8-3-9-20-39/h3-5,8-15,19-26,29-32,36-37,45-54,60-64H,2,6-7,16-18,27-28,33-35H2,1H3,(H,65,66)(H,67,68)/t36-,45-,46-,47-,48+,49-,50+,51+,52-,53-,54+,60-,61+/m0/s1. The van der Waals surface area contributed by atoms with Gasteiger partial charge in [-0.3, -0.25) is 0 Å². The number of aliphatic hydroxyl groups excluding tert-OH is 2. The highest BCUT2D eigenvalue weighted by Crippen LogP contribution is 2.39. The Hall–Kier alpha value is -7.03. The number of aliphatic hydroxyl groups is 2. The van der Waals surface area contributed by atoms with Gasteiger partial charge in [-0.1, -0.05) is 117 Å². The third-order valence-electron chi connectivity index (χ3n) is 15.1. The Morgan fingerprint density at radius 3 is 1.81 bits per heavy atom. The third-order valence-corrected chi connectivity index (χ3v) is 15.1. The highest BCUT2D eigenvalue weighted by Gasteiger charge is 2.55. The molecular weight excluding hydrogens is 1020 g/mol. The van der Waals surface area contributed by atoms with Gasteiger partial charge in [0.1, 0.15) is 31.0 Å². The average molecular weight is 1090 g/mol. The molecular formula is C61H67NO17. The number of aromatic carboxylic acids is 1. The van der Waals surface area contributed by atoms with Crippen LogP contribution in [0.3, 0.4) is 0 Å². The van der Waals surface area contributed by atoms with Crippen molar-refractivity contribution in [3.05, 3.63) is 162 Å². The number of carbonyl (C=O) groups is 5. The number of aliphatic carboxylic acids is 1. The summed E-state index contributed by atoms with van der Waals surface area (Å²) in [6, 6.07) is 37.6. The van der Waals surface area contributed by atoms with Crippen molar-refractivity contribution >= 4 is 35.5 Å². The van der Waals surface area contributed by atoms with Gasteiger partial charge in [0.25, 0.3) is 0 Å². The molecule has 5 N–H and O–H groups in total. The summed E-state index contributed by atoms with van der Waals surface area (Å²) in [6.07, 6.45) is -10.1. The largest absolute Gasteiger partial charge is 0.479 e. The van der Waals surface area contributed by atoms with Crippen LogP contribution in [-0.4, -0.2) is 137 Å². The summed E-state index contributed by atoms with van der Waals surface area (Å²) < 4.78 is 52.1.